The van der Waals surface area contributed by atoms with Gasteiger partial charge in [0.2, 0.25) is 0 Å². The predicted molar refractivity (Wildman–Crippen MR) is 102 cm³/mol. The molecule has 1 N–H and O–H groups in total. The summed E-state index contributed by atoms with van der Waals surface area (Å²) in [5.41, 5.74) is 5.81. The van der Waals surface area contributed by atoms with Gasteiger partial charge in [-0.3, -0.25) is 9.69 Å². The Morgan fingerprint density at radius 3 is 2.19 bits per heavy atom. The molecule has 3 aliphatic rings. The van der Waals surface area contributed by atoms with Crippen LogP contribution in [0.1, 0.15) is 48.9 Å². The van der Waals surface area contributed by atoms with E-state index in [9.17, 15) is 13.2 Å². The number of fused-ring (bicyclic) bond motifs is 2. The van der Waals surface area contributed by atoms with Crippen LogP contribution in [0.15, 0.2) is 6.07 Å². The van der Waals surface area contributed by atoms with Gasteiger partial charge in [0.15, 0.2) is 16.1 Å². The van der Waals surface area contributed by atoms with E-state index >= 15 is 0 Å². The van der Waals surface area contributed by atoms with Crippen LogP contribution in [0.25, 0.3) is 4.72 Å². The summed E-state index contributed by atoms with van der Waals surface area (Å²) in [6, 6.07) is 1.84. The molecule has 6 nitrogen and oxygen atoms in total. The van der Waals surface area contributed by atoms with Crippen molar-refractivity contribution in [1.82, 2.24) is 4.90 Å². The van der Waals surface area contributed by atoms with E-state index in [1.165, 1.54) is 22.3 Å². The molecule has 27 heavy (non-hydrogen) atoms. The summed E-state index contributed by atoms with van der Waals surface area (Å²) in [6.07, 6.45) is 6.13. The first-order valence-electron chi connectivity index (χ1n) is 9.53. The normalized spacial score (nSPS) is 19.2. The van der Waals surface area contributed by atoms with Crippen molar-refractivity contribution < 1.29 is 64.6 Å². The van der Waals surface area contributed by atoms with Gasteiger partial charge in [-0.25, -0.2) is 8.42 Å². The van der Waals surface area contributed by atoms with Gasteiger partial charge in [-0.15, -0.1) is 0 Å². The molecule has 1 aliphatic heterocycles. The fourth-order valence-corrected chi connectivity index (χ4v) is 5.55. The fraction of sp³-hybridized carbons (Fsp3) is 0.632. The molecule has 0 spiro atoms. The van der Waals surface area contributed by atoms with E-state index in [4.69, 9.17) is 0 Å². The molecule has 4 rings (SSSR count). The molecular formula is C19H26KN3O3S. The number of carbonyl (C=O) groups excluding carboxylic acids is 1. The van der Waals surface area contributed by atoms with Crippen molar-refractivity contribution in [2.24, 2.45) is 0 Å². The second kappa shape index (κ2) is 8.42. The molecule has 0 unspecified atom stereocenters. The molecule has 0 bridgehead atoms. The quantitative estimate of drug-likeness (QED) is 0.702. The zero-order valence-electron chi connectivity index (χ0n) is 16.4. The van der Waals surface area contributed by atoms with Gasteiger partial charge < -0.3 is 10.0 Å². The molecule has 0 saturated carbocycles. The first-order valence-corrected chi connectivity index (χ1v) is 11.0. The van der Waals surface area contributed by atoms with Crippen molar-refractivity contribution >= 4 is 21.7 Å². The number of benzene rings is 1. The van der Waals surface area contributed by atoms with Crippen LogP contribution in [-0.2, 0) is 35.7 Å². The molecule has 2 amide bonds. The average Bonchev–Trinajstić information content (AvgIpc) is 3.12. The zero-order chi connectivity index (χ0) is 18.5. The van der Waals surface area contributed by atoms with Crippen molar-refractivity contribution in [3.8, 4) is 0 Å². The summed E-state index contributed by atoms with van der Waals surface area (Å²) in [5, 5.41) is 2.27. The molecule has 1 fully saturated rings. The first kappa shape index (κ1) is 21.7. The third kappa shape index (κ3) is 4.32. The number of aryl methyl sites for hydroxylation is 2. The van der Waals surface area contributed by atoms with E-state index in [-0.39, 0.29) is 51.4 Å². The van der Waals surface area contributed by atoms with Crippen LogP contribution in [0.3, 0.4) is 0 Å². The van der Waals surface area contributed by atoms with Crippen LogP contribution >= 0.6 is 0 Å². The van der Waals surface area contributed by atoms with Gasteiger partial charge in [0, 0.05) is 19.1 Å². The number of carbonyl (C=O) groups is 1. The SMILES string of the molecule is CC(C)N1CC(S(=O)(=O)[N-]C(=O)Nc2c3c(cc4c2CCC4)CCC3)C1.[K+]. The maximum absolute atomic E-state index is 12.4. The van der Waals surface area contributed by atoms with Gasteiger partial charge in [0.05, 0.1) is 5.25 Å². The van der Waals surface area contributed by atoms with Gasteiger partial charge in [-0.05, 0) is 80.3 Å². The molecule has 1 heterocycles. The van der Waals surface area contributed by atoms with Crippen LogP contribution in [0.5, 0.6) is 0 Å². The third-order valence-electron chi connectivity index (χ3n) is 5.94. The van der Waals surface area contributed by atoms with E-state index < -0.39 is 21.3 Å². The minimum Gasteiger partial charge on any atom is -0.423 e. The van der Waals surface area contributed by atoms with Crippen molar-refractivity contribution in [3.05, 3.63) is 33.0 Å². The Labute approximate surface area is 204 Å². The maximum atomic E-state index is 12.4. The Balaban J connectivity index is 0.00000210. The van der Waals surface area contributed by atoms with Crippen LogP contribution in [0, 0.1) is 0 Å². The molecule has 2 aliphatic carbocycles. The zero-order valence-corrected chi connectivity index (χ0v) is 20.4. The molecule has 1 aromatic rings. The number of urea groups is 1. The number of sulfonamides is 1. The molecular weight excluding hydrogens is 389 g/mol. The first-order chi connectivity index (χ1) is 12.3. The van der Waals surface area contributed by atoms with Crippen LogP contribution in [0.4, 0.5) is 10.5 Å². The van der Waals surface area contributed by atoms with Crippen molar-refractivity contribution in [1.29, 1.82) is 0 Å². The number of nitrogens with zero attached hydrogens (tertiary/aromatic N) is 2. The van der Waals surface area contributed by atoms with Gasteiger partial charge in [0.1, 0.15) is 0 Å². The van der Waals surface area contributed by atoms with Gasteiger partial charge in [-0.1, -0.05) is 6.07 Å². The maximum Gasteiger partial charge on any atom is 1.00 e. The number of rotatable bonds is 4. The Kier molecular flexibility index (Phi) is 6.78. The average molecular weight is 416 g/mol. The summed E-state index contributed by atoms with van der Waals surface area (Å²) in [4.78, 5) is 14.5. The standard InChI is InChI=1S/C19H27N3O3S.K/c1-12(2)22-10-15(11-22)26(24,25)21-19(23)20-18-16-7-3-5-13(16)9-14-6-4-8-17(14)18;/h9,12,15H,3-8,10-11H2,1-2H3,(H2,20,21,23);/q;+1/p-1. The second-order valence-electron chi connectivity index (χ2n) is 7.94. The van der Waals surface area contributed by atoms with Gasteiger partial charge in [-0.2, -0.15) is 0 Å². The van der Waals surface area contributed by atoms with Gasteiger partial charge >= 0.3 is 51.4 Å². The van der Waals surface area contributed by atoms with Crippen LogP contribution < -0.4 is 56.7 Å². The van der Waals surface area contributed by atoms with E-state index in [0.717, 1.165) is 44.2 Å². The predicted octanol–water partition coefficient (Wildman–Crippen LogP) is -0.00400. The Hall–Kier alpha value is 0.0364. The number of nitrogens with one attached hydrogen (secondary N) is 1. The number of hydrogen-bond donors (Lipinski definition) is 1. The van der Waals surface area contributed by atoms with E-state index in [1.54, 1.807) is 0 Å². The minimum absolute atomic E-state index is 0. The van der Waals surface area contributed by atoms with Crippen LogP contribution in [0.2, 0.25) is 0 Å². The molecule has 1 saturated heterocycles. The summed E-state index contributed by atoms with van der Waals surface area (Å²) < 4.78 is 28.4. The number of likely N-dealkylation sites (tertiary alicyclic amines) is 1. The second-order valence-corrected chi connectivity index (χ2v) is 9.82. The van der Waals surface area contributed by atoms with E-state index in [2.05, 4.69) is 21.0 Å². The monoisotopic (exact) mass is 415 g/mol. The molecule has 142 valence electrons. The fourth-order valence-electron chi connectivity index (χ4n) is 4.37. The molecule has 0 radical (unpaired) electrons. The topological polar surface area (TPSA) is 80.6 Å². The molecule has 0 aromatic heterocycles. The Morgan fingerprint density at radius 2 is 1.67 bits per heavy atom. The molecule has 1 aromatic carbocycles. The Bertz CT molecular complexity index is 816. The van der Waals surface area contributed by atoms with Crippen molar-refractivity contribution in [2.45, 2.75) is 63.7 Å². The summed E-state index contributed by atoms with van der Waals surface area (Å²) >= 11 is 0. The minimum atomic E-state index is -3.77. The summed E-state index contributed by atoms with van der Waals surface area (Å²) in [7, 11) is -3.77. The van der Waals surface area contributed by atoms with Crippen molar-refractivity contribution in [2.75, 3.05) is 18.4 Å². The number of hydrogen-bond acceptors (Lipinski definition) is 4. The van der Waals surface area contributed by atoms with E-state index in [1.807, 2.05) is 13.8 Å². The number of amides is 2. The number of anilines is 1. The van der Waals surface area contributed by atoms with Crippen LogP contribution in [-0.4, -0.2) is 43.7 Å². The largest absolute Gasteiger partial charge is 1.00 e. The summed E-state index contributed by atoms with van der Waals surface area (Å²) in [6.45, 7) is 4.96. The smallest absolute Gasteiger partial charge is 0.423 e. The Morgan fingerprint density at radius 1 is 1.11 bits per heavy atom. The third-order valence-corrected chi connectivity index (χ3v) is 7.50. The van der Waals surface area contributed by atoms with Crippen molar-refractivity contribution in [3.63, 3.8) is 0 Å². The molecule has 8 heteroatoms. The summed E-state index contributed by atoms with van der Waals surface area (Å²) in [5.74, 6) is 0. The van der Waals surface area contributed by atoms with E-state index in [0.29, 0.717) is 19.1 Å². The molecule has 0 atom stereocenters. The van der Waals surface area contributed by atoms with Gasteiger partial charge in [0.25, 0.3) is 0 Å².